The second kappa shape index (κ2) is 5.45. The van der Waals surface area contributed by atoms with Gasteiger partial charge in [0.25, 0.3) is 5.69 Å². The lowest BCUT2D eigenvalue weighted by atomic mass is 10.2. The Kier molecular flexibility index (Phi) is 3.86. The fourth-order valence-corrected chi connectivity index (χ4v) is 3.64. The predicted molar refractivity (Wildman–Crippen MR) is 75.1 cm³/mol. The predicted octanol–water partition coefficient (Wildman–Crippen LogP) is 2.55. The first-order valence-electron chi connectivity index (χ1n) is 5.92. The molecule has 6 nitrogen and oxygen atoms in total. The van der Waals surface area contributed by atoms with Crippen LogP contribution in [-0.2, 0) is 9.84 Å². The van der Waals surface area contributed by atoms with Crippen molar-refractivity contribution in [3.8, 4) is 0 Å². The van der Waals surface area contributed by atoms with E-state index in [1.807, 2.05) is 0 Å². The van der Waals surface area contributed by atoms with Crippen LogP contribution >= 0.6 is 0 Å². The molecule has 2 aromatic rings. The molecule has 0 aromatic heterocycles. The third-order valence-corrected chi connectivity index (χ3v) is 4.98. The summed E-state index contributed by atoms with van der Waals surface area (Å²) >= 11 is 0. The van der Waals surface area contributed by atoms with Crippen molar-refractivity contribution in [3.05, 3.63) is 63.7 Å². The van der Waals surface area contributed by atoms with E-state index in [1.54, 1.807) is 6.07 Å². The number of nitro benzene ring substituents is 1. The van der Waals surface area contributed by atoms with Crippen LogP contribution in [0.5, 0.6) is 0 Å². The summed E-state index contributed by atoms with van der Waals surface area (Å²) in [5, 5.41) is 10.7. The smallest absolute Gasteiger partial charge is 0.269 e. The van der Waals surface area contributed by atoms with E-state index >= 15 is 0 Å². The highest BCUT2D eigenvalue weighted by molar-refractivity contribution is 7.91. The van der Waals surface area contributed by atoms with Crippen LogP contribution in [0.4, 0.5) is 5.69 Å². The number of carbonyl (C=O) groups is 1. The van der Waals surface area contributed by atoms with Gasteiger partial charge in [0.1, 0.15) is 0 Å². The Morgan fingerprint density at radius 1 is 1.10 bits per heavy atom. The van der Waals surface area contributed by atoms with Crippen LogP contribution in [0.3, 0.4) is 0 Å². The van der Waals surface area contributed by atoms with Gasteiger partial charge in [-0.1, -0.05) is 18.2 Å². The van der Waals surface area contributed by atoms with E-state index in [0.29, 0.717) is 6.29 Å². The highest BCUT2D eigenvalue weighted by Crippen LogP contribution is 2.28. The van der Waals surface area contributed by atoms with Gasteiger partial charge in [0.05, 0.1) is 14.7 Å². The average Bonchev–Trinajstić information content (AvgIpc) is 2.46. The maximum absolute atomic E-state index is 12.6. The minimum absolute atomic E-state index is 0.0512. The summed E-state index contributed by atoms with van der Waals surface area (Å²) in [4.78, 5) is 20.9. The van der Waals surface area contributed by atoms with Crippen molar-refractivity contribution in [3.63, 3.8) is 0 Å². The van der Waals surface area contributed by atoms with E-state index in [2.05, 4.69) is 0 Å². The first-order valence-corrected chi connectivity index (χ1v) is 7.40. The monoisotopic (exact) mass is 305 g/mol. The highest BCUT2D eigenvalue weighted by Gasteiger charge is 2.24. The first-order chi connectivity index (χ1) is 9.87. The number of aldehydes is 1. The molecular weight excluding hydrogens is 294 g/mol. The number of aryl methyl sites for hydroxylation is 1. The number of non-ortho nitro benzene ring substituents is 1. The summed E-state index contributed by atoms with van der Waals surface area (Å²) in [5.41, 5.74) is 0.121. The van der Waals surface area contributed by atoms with Crippen molar-refractivity contribution in [1.29, 1.82) is 0 Å². The summed E-state index contributed by atoms with van der Waals surface area (Å²) in [6.07, 6.45) is 0.466. The lowest BCUT2D eigenvalue weighted by molar-refractivity contribution is -0.385. The van der Waals surface area contributed by atoms with Crippen molar-refractivity contribution >= 4 is 21.8 Å². The molecule has 0 saturated carbocycles. The zero-order chi connectivity index (χ0) is 15.6. The molecule has 0 unspecified atom stereocenters. The van der Waals surface area contributed by atoms with Gasteiger partial charge in [-0.15, -0.1) is 0 Å². The van der Waals surface area contributed by atoms with Gasteiger partial charge < -0.3 is 0 Å². The molecular formula is C14H11NO5S. The van der Waals surface area contributed by atoms with Gasteiger partial charge in [0.15, 0.2) is 6.29 Å². The first kappa shape index (κ1) is 14.9. The van der Waals surface area contributed by atoms with Crippen LogP contribution in [0.25, 0.3) is 0 Å². The number of nitrogens with zero attached hydrogens (tertiary/aromatic N) is 1. The van der Waals surface area contributed by atoms with E-state index in [-0.39, 0.29) is 26.6 Å². The summed E-state index contributed by atoms with van der Waals surface area (Å²) in [5.74, 6) is 0. The summed E-state index contributed by atoms with van der Waals surface area (Å²) < 4.78 is 25.2. The molecule has 2 rings (SSSR count). The maximum Gasteiger partial charge on any atom is 0.269 e. The summed E-state index contributed by atoms with van der Waals surface area (Å²) in [6.45, 7) is 1.48. The van der Waals surface area contributed by atoms with Crippen LogP contribution in [0.1, 0.15) is 15.9 Å². The second-order valence-electron chi connectivity index (χ2n) is 4.37. The Balaban J connectivity index is 2.65. The average molecular weight is 305 g/mol. The molecule has 0 bridgehead atoms. The Morgan fingerprint density at radius 3 is 2.33 bits per heavy atom. The molecule has 0 heterocycles. The Bertz CT molecular complexity index is 827. The van der Waals surface area contributed by atoms with E-state index in [9.17, 15) is 23.3 Å². The number of sulfone groups is 1. The van der Waals surface area contributed by atoms with Crippen LogP contribution in [-0.4, -0.2) is 19.6 Å². The molecule has 0 saturated heterocycles. The third kappa shape index (κ3) is 2.68. The number of hydrogen-bond acceptors (Lipinski definition) is 5. The van der Waals surface area contributed by atoms with Crippen LogP contribution in [0.2, 0.25) is 0 Å². The molecule has 21 heavy (non-hydrogen) atoms. The van der Waals surface area contributed by atoms with Gasteiger partial charge in [0, 0.05) is 17.7 Å². The van der Waals surface area contributed by atoms with E-state index in [4.69, 9.17) is 0 Å². The Morgan fingerprint density at radius 2 is 1.76 bits per heavy atom. The highest BCUT2D eigenvalue weighted by atomic mass is 32.2. The molecule has 0 amide bonds. The topological polar surface area (TPSA) is 94.3 Å². The quantitative estimate of drug-likeness (QED) is 0.491. The zero-order valence-corrected chi connectivity index (χ0v) is 11.8. The molecule has 0 aliphatic heterocycles. The molecule has 0 aliphatic rings. The van der Waals surface area contributed by atoms with E-state index in [1.165, 1.54) is 37.3 Å². The van der Waals surface area contributed by atoms with Crippen molar-refractivity contribution in [1.82, 2.24) is 0 Å². The molecule has 7 heteroatoms. The largest absolute Gasteiger partial charge is 0.298 e. The fraction of sp³-hybridized carbons (Fsp3) is 0.0714. The van der Waals surface area contributed by atoms with Crippen molar-refractivity contribution in [2.24, 2.45) is 0 Å². The number of nitro groups is 1. The molecule has 0 aliphatic carbocycles. The second-order valence-corrected chi connectivity index (χ2v) is 6.25. The summed E-state index contributed by atoms with van der Waals surface area (Å²) in [6, 6.07) is 9.32. The van der Waals surface area contributed by atoms with Crippen molar-refractivity contribution < 1.29 is 18.1 Å². The van der Waals surface area contributed by atoms with E-state index in [0.717, 1.165) is 6.07 Å². The molecule has 108 valence electrons. The van der Waals surface area contributed by atoms with Crippen LogP contribution in [0.15, 0.2) is 52.3 Å². The van der Waals surface area contributed by atoms with E-state index < -0.39 is 14.8 Å². The molecule has 2 aromatic carbocycles. The Hall–Kier alpha value is -2.54. The molecule has 0 atom stereocenters. The lowest BCUT2D eigenvalue weighted by Gasteiger charge is -2.09. The molecule has 0 radical (unpaired) electrons. The van der Waals surface area contributed by atoms with Gasteiger partial charge in [0.2, 0.25) is 9.84 Å². The number of carbonyl (C=O) groups excluding carboxylic acids is 1. The standard InChI is InChI=1S/C14H11NO5S/c1-10-8-12(15(17)18)6-7-13(10)21(19,20)14-5-3-2-4-11(14)9-16/h2-9H,1H3. The third-order valence-electron chi connectivity index (χ3n) is 2.99. The Labute approximate surface area is 121 Å². The van der Waals surface area contributed by atoms with Gasteiger partial charge in [-0.05, 0) is 24.6 Å². The number of rotatable bonds is 4. The van der Waals surface area contributed by atoms with Crippen molar-refractivity contribution in [2.75, 3.05) is 0 Å². The molecule has 0 N–H and O–H groups in total. The normalized spacial score (nSPS) is 11.1. The summed E-state index contributed by atoms with van der Waals surface area (Å²) in [7, 11) is -3.91. The van der Waals surface area contributed by atoms with Gasteiger partial charge in [-0.3, -0.25) is 14.9 Å². The minimum Gasteiger partial charge on any atom is -0.298 e. The molecule has 0 spiro atoms. The lowest BCUT2D eigenvalue weighted by Crippen LogP contribution is -2.07. The zero-order valence-electron chi connectivity index (χ0n) is 11.0. The maximum atomic E-state index is 12.6. The van der Waals surface area contributed by atoms with Gasteiger partial charge >= 0.3 is 0 Å². The fourth-order valence-electron chi connectivity index (χ4n) is 1.99. The van der Waals surface area contributed by atoms with Crippen molar-refractivity contribution in [2.45, 2.75) is 16.7 Å². The van der Waals surface area contributed by atoms with Gasteiger partial charge in [-0.25, -0.2) is 8.42 Å². The number of benzene rings is 2. The SMILES string of the molecule is Cc1cc([N+](=O)[O-])ccc1S(=O)(=O)c1ccccc1C=O. The van der Waals surface area contributed by atoms with Crippen LogP contribution in [0, 0.1) is 17.0 Å². The van der Waals surface area contributed by atoms with Crippen LogP contribution < -0.4 is 0 Å². The molecule has 0 fully saturated rings. The minimum atomic E-state index is -3.91. The van der Waals surface area contributed by atoms with Gasteiger partial charge in [-0.2, -0.15) is 0 Å². The number of hydrogen-bond donors (Lipinski definition) is 0.